The molecule has 1 aromatic heterocycles. The van der Waals surface area contributed by atoms with Gasteiger partial charge >= 0.3 is 0 Å². The average Bonchev–Trinajstić information content (AvgIpc) is 3.63. The second kappa shape index (κ2) is 7.45. The van der Waals surface area contributed by atoms with Crippen molar-refractivity contribution in [2.45, 2.75) is 31.8 Å². The van der Waals surface area contributed by atoms with Gasteiger partial charge in [-0.2, -0.15) is 5.10 Å². The molecule has 158 valence electrons. The molecular weight excluding hydrogens is 399 g/mol. The molecule has 1 aliphatic carbocycles. The molecule has 0 spiro atoms. The molecule has 32 heavy (non-hydrogen) atoms. The fourth-order valence-corrected chi connectivity index (χ4v) is 4.64. The molecule has 1 fully saturated rings. The van der Waals surface area contributed by atoms with E-state index in [2.05, 4.69) is 36.1 Å². The summed E-state index contributed by atoms with van der Waals surface area (Å²) in [4.78, 5) is 7.61. The van der Waals surface area contributed by atoms with Crippen LogP contribution in [0.5, 0.6) is 0 Å². The van der Waals surface area contributed by atoms with Crippen LogP contribution in [0.3, 0.4) is 0 Å². The van der Waals surface area contributed by atoms with Crippen LogP contribution in [0.15, 0.2) is 89.9 Å². The highest BCUT2D eigenvalue weighted by molar-refractivity contribution is 6.02. The van der Waals surface area contributed by atoms with Crippen molar-refractivity contribution in [2.24, 2.45) is 4.99 Å². The highest BCUT2D eigenvalue weighted by atomic mass is 19.1. The zero-order valence-corrected chi connectivity index (χ0v) is 17.8. The number of nitrogens with zero attached hydrogens (tertiary/aromatic N) is 4. The lowest BCUT2D eigenvalue weighted by Gasteiger charge is -2.38. The van der Waals surface area contributed by atoms with E-state index in [0.717, 1.165) is 47.0 Å². The summed E-state index contributed by atoms with van der Waals surface area (Å²) in [5.74, 6) is 1.48. The number of hydrogen-bond acceptors (Lipinski definition) is 3. The normalized spacial score (nSPS) is 17.8. The van der Waals surface area contributed by atoms with Crippen molar-refractivity contribution in [1.29, 1.82) is 0 Å². The van der Waals surface area contributed by atoms with Crippen molar-refractivity contribution in [3.05, 3.63) is 113 Å². The quantitative estimate of drug-likeness (QED) is 0.406. The maximum Gasteiger partial charge on any atom is 0.163 e. The first-order valence-corrected chi connectivity index (χ1v) is 11.0. The number of rotatable bonds is 4. The zero-order chi connectivity index (χ0) is 21.7. The summed E-state index contributed by atoms with van der Waals surface area (Å²) in [6.45, 7) is 2.07. The summed E-state index contributed by atoms with van der Waals surface area (Å²) in [7, 11) is 0. The van der Waals surface area contributed by atoms with Crippen molar-refractivity contribution in [3.8, 4) is 5.69 Å². The standard InChI is InChI=1S/C27H23FN4/c1-18-24-25(19-8-4-2-5-9-19)31(22-16-17-22)26(20-12-14-21(28)15-13-20)29-27(24)32(30-18)23-10-6-3-7-11-23/h2-15,22,25H,16-17H2,1H3/t25-/m1/s1. The molecule has 3 aromatic carbocycles. The van der Waals surface area contributed by atoms with Gasteiger partial charge in [0.05, 0.1) is 17.4 Å². The number of hydrogen-bond donors (Lipinski definition) is 0. The lowest BCUT2D eigenvalue weighted by atomic mass is 9.94. The molecule has 1 aliphatic heterocycles. The van der Waals surface area contributed by atoms with E-state index in [1.54, 1.807) is 0 Å². The van der Waals surface area contributed by atoms with Gasteiger partial charge in [0.2, 0.25) is 0 Å². The number of aromatic nitrogens is 2. The SMILES string of the molecule is Cc1nn(-c2ccccc2)c2c1[C@@H](c1ccccc1)N(C1CC1)C(c1ccc(F)cc1)=N2. The van der Waals surface area contributed by atoms with Crippen LogP contribution in [0.1, 0.15) is 41.3 Å². The van der Waals surface area contributed by atoms with E-state index in [1.807, 2.05) is 53.2 Å². The van der Waals surface area contributed by atoms with E-state index >= 15 is 0 Å². The van der Waals surface area contributed by atoms with Crippen LogP contribution in [-0.4, -0.2) is 26.6 Å². The molecule has 0 N–H and O–H groups in total. The Morgan fingerprint density at radius 2 is 1.50 bits per heavy atom. The van der Waals surface area contributed by atoms with Crippen LogP contribution >= 0.6 is 0 Å². The molecule has 5 heteroatoms. The third kappa shape index (κ3) is 3.12. The molecule has 1 saturated carbocycles. The second-order valence-corrected chi connectivity index (χ2v) is 8.46. The summed E-state index contributed by atoms with van der Waals surface area (Å²) in [6.07, 6.45) is 2.26. The molecule has 6 rings (SSSR count). The molecule has 1 atom stereocenters. The van der Waals surface area contributed by atoms with Gasteiger partial charge in [0.25, 0.3) is 0 Å². The third-order valence-corrected chi connectivity index (χ3v) is 6.25. The maximum absolute atomic E-state index is 13.7. The van der Waals surface area contributed by atoms with Gasteiger partial charge in [-0.05, 0) is 61.7 Å². The van der Waals surface area contributed by atoms with Gasteiger partial charge in [-0.25, -0.2) is 14.1 Å². The van der Waals surface area contributed by atoms with Crippen LogP contribution in [0, 0.1) is 12.7 Å². The first-order chi connectivity index (χ1) is 15.7. The number of halogens is 1. The van der Waals surface area contributed by atoms with Gasteiger partial charge in [0.1, 0.15) is 11.7 Å². The largest absolute Gasteiger partial charge is 0.342 e. The summed E-state index contributed by atoms with van der Waals surface area (Å²) in [5.41, 5.74) is 5.23. The molecular formula is C27H23FN4. The monoisotopic (exact) mass is 422 g/mol. The first-order valence-electron chi connectivity index (χ1n) is 11.0. The Labute approximate surface area is 186 Å². The Balaban J connectivity index is 1.63. The Kier molecular flexibility index (Phi) is 4.42. The minimum atomic E-state index is -0.242. The third-order valence-electron chi connectivity index (χ3n) is 6.25. The van der Waals surface area contributed by atoms with Gasteiger partial charge in [-0.1, -0.05) is 48.5 Å². The van der Waals surface area contributed by atoms with Gasteiger partial charge in [0.15, 0.2) is 5.82 Å². The predicted molar refractivity (Wildman–Crippen MR) is 124 cm³/mol. The molecule has 4 nitrogen and oxygen atoms in total. The van der Waals surface area contributed by atoms with Crippen molar-refractivity contribution in [2.75, 3.05) is 0 Å². The summed E-state index contributed by atoms with van der Waals surface area (Å²) < 4.78 is 15.7. The number of amidine groups is 1. The van der Waals surface area contributed by atoms with Crippen LogP contribution in [0.25, 0.3) is 5.69 Å². The molecule has 0 bridgehead atoms. The van der Waals surface area contributed by atoms with Crippen molar-refractivity contribution < 1.29 is 4.39 Å². The maximum atomic E-state index is 13.7. The van der Waals surface area contributed by atoms with E-state index in [9.17, 15) is 4.39 Å². The van der Waals surface area contributed by atoms with Crippen molar-refractivity contribution >= 4 is 11.7 Å². The molecule has 0 unspecified atom stereocenters. The molecule has 2 aliphatic rings. The minimum Gasteiger partial charge on any atom is -0.342 e. The van der Waals surface area contributed by atoms with E-state index in [1.165, 1.54) is 17.7 Å². The van der Waals surface area contributed by atoms with Crippen LogP contribution in [0.2, 0.25) is 0 Å². The first kappa shape index (κ1) is 19.0. The Bertz CT molecular complexity index is 1290. The minimum absolute atomic E-state index is 0.00807. The van der Waals surface area contributed by atoms with E-state index in [4.69, 9.17) is 10.1 Å². The molecule has 2 heterocycles. The predicted octanol–water partition coefficient (Wildman–Crippen LogP) is 5.97. The Morgan fingerprint density at radius 3 is 2.16 bits per heavy atom. The van der Waals surface area contributed by atoms with Gasteiger partial charge in [-0.3, -0.25) is 0 Å². The lowest BCUT2D eigenvalue weighted by Crippen LogP contribution is -2.40. The van der Waals surface area contributed by atoms with Gasteiger partial charge < -0.3 is 4.90 Å². The smallest absolute Gasteiger partial charge is 0.163 e. The molecule has 0 amide bonds. The summed E-state index contributed by atoms with van der Waals surface area (Å²) in [5, 5.41) is 4.92. The fraction of sp³-hybridized carbons (Fsp3) is 0.185. The Hall–Kier alpha value is -3.73. The number of aryl methyl sites for hydroxylation is 1. The highest BCUT2D eigenvalue weighted by Gasteiger charge is 2.43. The Morgan fingerprint density at radius 1 is 0.844 bits per heavy atom. The topological polar surface area (TPSA) is 33.4 Å². The molecule has 4 aromatic rings. The van der Waals surface area contributed by atoms with Gasteiger partial charge in [0, 0.05) is 17.2 Å². The molecule has 0 radical (unpaired) electrons. The van der Waals surface area contributed by atoms with Crippen LogP contribution in [-0.2, 0) is 0 Å². The average molecular weight is 423 g/mol. The summed E-state index contributed by atoms with van der Waals surface area (Å²) >= 11 is 0. The van der Waals surface area contributed by atoms with E-state index < -0.39 is 0 Å². The number of benzene rings is 3. The van der Waals surface area contributed by atoms with E-state index in [-0.39, 0.29) is 11.9 Å². The van der Waals surface area contributed by atoms with Crippen LogP contribution < -0.4 is 0 Å². The van der Waals surface area contributed by atoms with Gasteiger partial charge in [-0.15, -0.1) is 0 Å². The summed E-state index contributed by atoms with van der Waals surface area (Å²) in [6, 6.07) is 27.8. The van der Waals surface area contributed by atoms with Crippen LogP contribution in [0.4, 0.5) is 10.2 Å². The fourth-order valence-electron chi connectivity index (χ4n) is 4.64. The second-order valence-electron chi connectivity index (χ2n) is 8.46. The van der Waals surface area contributed by atoms with Crippen molar-refractivity contribution in [1.82, 2.24) is 14.7 Å². The molecule has 0 saturated heterocycles. The van der Waals surface area contributed by atoms with E-state index in [0.29, 0.717) is 6.04 Å². The number of aliphatic imine (C=N–C) groups is 1. The van der Waals surface area contributed by atoms with Crippen molar-refractivity contribution in [3.63, 3.8) is 0 Å². The number of fused-ring (bicyclic) bond motifs is 1. The highest BCUT2D eigenvalue weighted by Crippen LogP contribution is 2.47. The lowest BCUT2D eigenvalue weighted by molar-refractivity contribution is 0.341. The zero-order valence-electron chi connectivity index (χ0n) is 17.8. The number of para-hydroxylation sites is 1.